The van der Waals surface area contributed by atoms with Gasteiger partial charge in [-0.15, -0.1) is 0 Å². The van der Waals surface area contributed by atoms with E-state index < -0.39 is 0 Å². The van der Waals surface area contributed by atoms with E-state index in [9.17, 15) is 4.79 Å². The van der Waals surface area contributed by atoms with Crippen molar-refractivity contribution in [3.63, 3.8) is 0 Å². The number of nitrogens with one attached hydrogen (secondary N) is 2. The van der Waals surface area contributed by atoms with Gasteiger partial charge in [0.15, 0.2) is 5.11 Å². The molecule has 2 aromatic carbocycles. The zero-order chi connectivity index (χ0) is 16.9. The summed E-state index contributed by atoms with van der Waals surface area (Å²) >= 11 is 5.17. The van der Waals surface area contributed by atoms with E-state index in [1.165, 1.54) is 5.56 Å². The molecule has 0 saturated heterocycles. The highest BCUT2D eigenvalue weighted by Crippen LogP contribution is 2.22. The largest absolute Gasteiger partial charge is 0.358 e. The fraction of sp³-hybridized carbons (Fsp3) is 0.263. The first-order valence-corrected chi connectivity index (χ1v) is 8.01. The number of thiocarbonyl (C=S) groups is 1. The van der Waals surface area contributed by atoms with Crippen molar-refractivity contribution in [3.05, 3.63) is 71.3 Å². The lowest BCUT2D eigenvalue weighted by Crippen LogP contribution is -2.38. The molecule has 2 N–H and O–H groups in total. The smallest absolute Gasteiger partial charge is 0.257 e. The number of carbonyl (C=O) groups is 1. The van der Waals surface area contributed by atoms with E-state index in [0.717, 1.165) is 5.56 Å². The fourth-order valence-corrected chi connectivity index (χ4v) is 2.28. The topological polar surface area (TPSA) is 41.1 Å². The molecule has 4 heteroatoms. The SMILES string of the molecule is CC(C)(C)c1ccc(C(=O)NC(=S)NCc2ccccc2)cc1. The van der Waals surface area contributed by atoms with Crippen LogP contribution in [0.2, 0.25) is 0 Å². The summed E-state index contributed by atoms with van der Waals surface area (Å²) in [6, 6.07) is 17.5. The Morgan fingerprint density at radius 1 is 1.00 bits per heavy atom. The maximum Gasteiger partial charge on any atom is 0.257 e. The molecule has 120 valence electrons. The number of amides is 1. The number of benzene rings is 2. The quantitative estimate of drug-likeness (QED) is 0.843. The third kappa shape index (κ3) is 5.18. The van der Waals surface area contributed by atoms with Crippen LogP contribution in [0.3, 0.4) is 0 Å². The van der Waals surface area contributed by atoms with Crippen molar-refractivity contribution >= 4 is 23.2 Å². The molecule has 0 aliphatic carbocycles. The first-order valence-electron chi connectivity index (χ1n) is 7.60. The van der Waals surface area contributed by atoms with E-state index in [1.54, 1.807) is 0 Å². The van der Waals surface area contributed by atoms with Crippen molar-refractivity contribution < 1.29 is 4.79 Å². The molecule has 23 heavy (non-hydrogen) atoms. The minimum atomic E-state index is -0.198. The lowest BCUT2D eigenvalue weighted by Gasteiger charge is -2.19. The first kappa shape index (κ1) is 17.2. The molecular formula is C19H22N2OS. The van der Waals surface area contributed by atoms with Crippen LogP contribution in [-0.2, 0) is 12.0 Å². The van der Waals surface area contributed by atoms with Crippen LogP contribution in [0.1, 0.15) is 42.3 Å². The maximum absolute atomic E-state index is 12.2. The third-order valence-corrected chi connectivity index (χ3v) is 3.78. The summed E-state index contributed by atoms with van der Waals surface area (Å²) < 4.78 is 0. The summed E-state index contributed by atoms with van der Waals surface area (Å²) in [5, 5.41) is 6.07. The Morgan fingerprint density at radius 3 is 2.17 bits per heavy atom. The van der Waals surface area contributed by atoms with Crippen LogP contribution in [0.25, 0.3) is 0 Å². The minimum absolute atomic E-state index is 0.0710. The van der Waals surface area contributed by atoms with Gasteiger partial charge in [-0.1, -0.05) is 63.2 Å². The van der Waals surface area contributed by atoms with E-state index in [4.69, 9.17) is 12.2 Å². The van der Waals surface area contributed by atoms with Gasteiger partial charge >= 0.3 is 0 Å². The average molecular weight is 326 g/mol. The minimum Gasteiger partial charge on any atom is -0.358 e. The highest BCUT2D eigenvalue weighted by Gasteiger charge is 2.14. The molecule has 0 aliphatic rings. The number of hydrogen-bond donors (Lipinski definition) is 2. The van der Waals surface area contributed by atoms with Crippen molar-refractivity contribution in [1.29, 1.82) is 0 Å². The molecule has 0 radical (unpaired) electrons. The standard InChI is InChI=1S/C19H22N2OS/c1-19(2,3)16-11-9-15(10-12-16)17(22)21-18(23)20-13-14-7-5-4-6-8-14/h4-12H,13H2,1-3H3,(H2,20,21,22,23). The Labute approximate surface area is 143 Å². The highest BCUT2D eigenvalue weighted by molar-refractivity contribution is 7.80. The van der Waals surface area contributed by atoms with Gasteiger partial charge in [-0.05, 0) is 40.9 Å². The summed E-state index contributed by atoms with van der Waals surface area (Å²) in [7, 11) is 0. The van der Waals surface area contributed by atoms with Crippen molar-refractivity contribution in [2.75, 3.05) is 0 Å². The molecule has 0 bridgehead atoms. The Morgan fingerprint density at radius 2 is 1.61 bits per heavy atom. The molecule has 0 spiro atoms. The predicted octanol–water partition coefficient (Wildman–Crippen LogP) is 3.79. The summed E-state index contributed by atoms with van der Waals surface area (Å²) in [6.07, 6.45) is 0. The third-order valence-electron chi connectivity index (χ3n) is 3.54. The van der Waals surface area contributed by atoms with Gasteiger partial charge in [0, 0.05) is 12.1 Å². The number of hydrogen-bond acceptors (Lipinski definition) is 2. The molecule has 3 nitrogen and oxygen atoms in total. The van der Waals surface area contributed by atoms with Gasteiger partial charge in [0.2, 0.25) is 0 Å². The summed E-state index contributed by atoms with van der Waals surface area (Å²) in [5.74, 6) is -0.198. The van der Waals surface area contributed by atoms with E-state index in [1.807, 2.05) is 54.6 Å². The van der Waals surface area contributed by atoms with Crippen LogP contribution in [-0.4, -0.2) is 11.0 Å². The van der Waals surface area contributed by atoms with Crippen molar-refractivity contribution in [2.45, 2.75) is 32.7 Å². The van der Waals surface area contributed by atoms with Crippen molar-refractivity contribution in [1.82, 2.24) is 10.6 Å². The van der Waals surface area contributed by atoms with Gasteiger partial charge in [-0.2, -0.15) is 0 Å². The zero-order valence-corrected chi connectivity index (χ0v) is 14.5. The van der Waals surface area contributed by atoms with Crippen LogP contribution in [0, 0.1) is 0 Å². The van der Waals surface area contributed by atoms with Crippen LogP contribution in [0.5, 0.6) is 0 Å². The molecular weight excluding hydrogens is 304 g/mol. The van der Waals surface area contributed by atoms with Gasteiger partial charge < -0.3 is 5.32 Å². The van der Waals surface area contributed by atoms with E-state index in [2.05, 4.69) is 31.4 Å². The zero-order valence-electron chi connectivity index (χ0n) is 13.7. The first-order chi connectivity index (χ1) is 10.9. The Kier molecular flexibility index (Phi) is 5.50. The molecule has 0 saturated carbocycles. The Bertz CT molecular complexity index is 673. The average Bonchev–Trinajstić information content (AvgIpc) is 2.53. The lowest BCUT2D eigenvalue weighted by atomic mass is 9.87. The fourth-order valence-electron chi connectivity index (χ4n) is 2.12. The second-order valence-corrected chi connectivity index (χ2v) is 6.86. The van der Waals surface area contributed by atoms with Gasteiger partial charge in [0.05, 0.1) is 0 Å². The highest BCUT2D eigenvalue weighted by atomic mass is 32.1. The Balaban J connectivity index is 1.89. The van der Waals surface area contributed by atoms with Gasteiger partial charge in [0.1, 0.15) is 0 Å². The summed E-state index contributed by atoms with van der Waals surface area (Å²) in [6.45, 7) is 7.02. The monoisotopic (exact) mass is 326 g/mol. The van der Waals surface area contributed by atoms with E-state index >= 15 is 0 Å². The molecule has 0 unspecified atom stereocenters. The summed E-state index contributed by atoms with van der Waals surface area (Å²) in [4.78, 5) is 12.2. The Hall–Kier alpha value is -2.20. The van der Waals surface area contributed by atoms with Gasteiger partial charge in [0.25, 0.3) is 5.91 Å². The molecule has 2 aromatic rings. The predicted molar refractivity (Wildman–Crippen MR) is 98.5 cm³/mol. The molecule has 2 rings (SSSR count). The normalized spacial score (nSPS) is 10.9. The van der Waals surface area contributed by atoms with E-state index in [-0.39, 0.29) is 11.3 Å². The van der Waals surface area contributed by atoms with Gasteiger partial charge in [-0.25, -0.2) is 0 Å². The van der Waals surface area contributed by atoms with Crippen LogP contribution in [0.15, 0.2) is 54.6 Å². The summed E-state index contributed by atoms with van der Waals surface area (Å²) in [5.41, 5.74) is 2.97. The molecule has 0 aromatic heterocycles. The van der Waals surface area contributed by atoms with Crippen LogP contribution >= 0.6 is 12.2 Å². The molecule has 1 amide bonds. The second-order valence-electron chi connectivity index (χ2n) is 6.45. The number of carbonyl (C=O) groups excluding carboxylic acids is 1. The van der Waals surface area contributed by atoms with E-state index in [0.29, 0.717) is 17.2 Å². The van der Waals surface area contributed by atoms with Crippen molar-refractivity contribution in [2.24, 2.45) is 0 Å². The van der Waals surface area contributed by atoms with Crippen molar-refractivity contribution in [3.8, 4) is 0 Å². The van der Waals surface area contributed by atoms with Crippen LogP contribution in [0.4, 0.5) is 0 Å². The number of rotatable bonds is 3. The molecule has 0 fully saturated rings. The molecule has 0 aliphatic heterocycles. The molecule has 0 atom stereocenters. The maximum atomic E-state index is 12.2. The van der Waals surface area contributed by atoms with Crippen LogP contribution < -0.4 is 10.6 Å². The lowest BCUT2D eigenvalue weighted by molar-refractivity contribution is 0.0976. The second kappa shape index (κ2) is 7.38. The molecule has 0 heterocycles. The van der Waals surface area contributed by atoms with Gasteiger partial charge in [-0.3, -0.25) is 10.1 Å².